The largest absolute Gasteiger partial charge is 0.478 e. The third-order valence-corrected chi connectivity index (χ3v) is 7.88. The number of hydrogen-bond donors (Lipinski definition) is 1. The second kappa shape index (κ2) is 9.29. The maximum atomic E-state index is 14.7. The van der Waals surface area contributed by atoms with Gasteiger partial charge in [0.15, 0.2) is 11.5 Å². The van der Waals surface area contributed by atoms with Crippen LogP contribution < -0.4 is 9.47 Å². The van der Waals surface area contributed by atoms with E-state index in [0.717, 1.165) is 48.4 Å². The first kappa shape index (κ1) is 24.7. The van der Waals surface area contributed by atoms with Gasteiger partial charge >= 0.3 is 5.97 Å². The van der Waals surface area contributed by atoms with Gasteiger partial charge in [-0.3, -0.25) is 4.90 Å². The molecule has 0 spiro atoms. The number of carboxylic acids is 1. The number of aromatic carboxylic acids is 1. The number of nitrogens with zero attached hydrogens (tertiary/aromatic N) is 3. The average Bonchev–Trinajstić information content (AvgIpc) is 3.40. The number of ether oxygens (including phenoxy) is 2. The number of aryl methyl sites for hydroxylation is 1. The summed E-state index contributed by atoms with van der Waals surface area (Å²) in [5.74, 6) is -0.218. The van der Waals surface area contributed by atoms with Crippen molar-refractivity contribution in [1.82, 2.24) is 14.5 Å². The van der Waals surface area contributed by atoms with E-state index < -0.39 is 17.6 Å². The second-order valence-corrected chi connectivity index (χ2v) is 10.5. The average molecular weight is 536 g/mol. The fourth-order valence-corrected chi connectivity index (χ4v) is 5.71. The van der Waals surface area contributed by atoms with Gasteiger partial charge < -0.3 is 19.1 Å². The fourth-order valence-electron chi connectivity index (χ4n) is 5.55. The lowest BCUT2D eigenvalue weighted by molar-refractivity contribution is -0.0712. The minimum Gasteiger partial charge on any atom is -0.478 e. The molecule has 1 aromatic heterocycles. The third-order valence-electron chi connectivity index (χ3n) is 7.64. The topological polar surface area (TPSA) is 76.8 Å². The molecule has 1 atom stereocenters. The first-order chi connectivity index (χ1) is 18.2. The number of benzene rings is 3. The van der Waals surface area contributed by atoms with Gasteiger partial charge in [-0.1, -0.05) is 23.7 Å². The standard InChI is InChI=1S/C29H27ClFN3O4/c1-29(21-8-7-19(30)15-22(21)31)37-25-5-3-4-20(27(25)38-29)17-10-12-34(13-11-17)16-26-32-23-9-6-18(28(35)36)14-24(23)33(26)2/h3-9,14-15,17H,10-13,16H2,1-2H3,(H,35,36)/t29-/m0/s1. The monoisotopic (exact) mass is 535 g/mol. The van der Waals surface area contributed by atoms with Crippen molar-refractivity contribution < 1.29 is 23.8 Å². The molecule has 3 aromatic carbocycles. The molecule has 0 aliphatic carbocycles. The van der Waals surface area contributed by atoms with Gasteiger partial charge in [0, 0.05) is 24.6 Å². The molecule has 3 heterocycles. The number of halogens is 2. The summed E-state index contributed by atoms with van der Waals surface area (Å²) in [5.41, 5.74) is 3.23. The summed E-state index contributed by atoms with van der Waals surface area (Å²) in [4.78, 5) is 18.5. The van der Waals surface area contributed by atoms with Gasteiger partial charge in [-0.25, -0.2) is 14.2 Å². The Hall–Kier alpha value is -3.62. The Morgan fingerprint density at radius 2 is 1.95 bits per heavy atom. The maximum absolute atomic E-state index is 14.7. The van der Waals surface area contributed by atoms with Gasteiger partial charge in [-0.05, 0) is 74.3 Å². The number of carboxylic acid groups (broad SMARTS) is 1. The zero-order chi connectivity index (χ0) is 26.6. The normalized spacial score (nSPS) is 19.8. The van der Waals surface area contributed by atoms with E-state index in [1.807, 2.05) is 23.7 Å². The summed E-state index contributed by atoms with van der Waals surface area (Å²) < 4.78 is 29.1. The van der Waals surface area contributed by atoms with E-state index in [0.29, 0.717) is 28.6 Å². The zero-order valence-corrected chi connectivity index (χ0v) is 21.8. The molecule has 196 valence electrons. The molecule has 2 aliphatic heterocycles. The quantitative estimate of drug-likeness (QED) is 0.333. The Balaban J connectivity index is 1.17. The molecule has 4 aromatic rings. The van der Waals surface area contributed by atoms with Crippen LogP contribution in [0.2, 0.25) is 5.02 Å². The van der Waals surface area contributed by atoms with Crippen molar-refractivity contribution in [3.63, 3.8) is 0 Å². The highest BCUT2D eigenvalue weighted by Crippen LogP contribution is 2.49. The Kier molecular flexibility index (Phi) is 6.04. The van der Waals surface area contributed by atoms with Gasteiger partial charge in [0.05, 0.1) is 28.7 Å². The lowest BCUT2D eigenvalue weighted by Gasteiger charge is -2.32. The minimum absolute atomic E-state index is 0.254. The molecule has 9 heteroatoms. The fraction of sp³-hybridized carbons (Fsp3) is 0.310. The summed E-state index contributed by atoms with van der Waals surface area (Å²) in [6.07, 6.45) is 1.86. The number of para-hydroxylation sites is 1. The predicted octanol–water partition coefficient (Wildman–Crippen LogP) is 6.09. The van der Waals surface area contributed by atoms with Gasteiger partial charge in [0.25, 0.3) is 5.79 Å². The summed E-state index contributed by atoms with van der Waals surface area (Å²) in [7, 11) is 1.92. The number of hydrogen-bond acceptors (Lipinski definition) is 5. The molecular formula is C29H27ClFN3O4. The van der Waals surface area contributed by atoms with E-state index in [2.05, 4.69) is 11.0 Å². The molecular weight excluding hydrogens is 509 g/mol. The molecule has 1 saturated heterocycles. The number of likely N-dealkylation sites (tertiary alicyclic amines) is 1. The number of carbonyl (C=O) groups is 1. The van der Waals surface area contributed by atoms with Crippen molar-refractivity contribution in [3.8, 4) is 11.5 Å². The van der Waals surface area contributed by atoms with Gasteiger partial charge in [0.1, 0.15) is 11.6 Å². The molecule has 0 amide bonds. The SMILES string of the molecule is Cn1c(CN2CCC(c3cccc4c3O[C@@](C)(c3ccc(Cl)cc3F)O4)CC2)nc2ccc(C(=O)O)cc21. The van der Waals surface area contributed by atoms with Crippen LogP contribution in [-0.2, 0) is 19.4 Å². The number of fused-ring (bicyclic) bond motifs is 2. The van der Waals surface area contributed by atoms with Crippen molar-refractivity contribution >= 4 is 28.6 Å². The highest BCUT2D eigenvalue weighted by Gasteiger charge is 2.43. The zero-order valence-electron chi connectivity index (χ0n) is 21.1. The molecule has 38 heavy (non-hydrogen) atoms. The van der Waals surface area contributed by atoms with Crippen molar-refractivity contribution in [2.24, 2.45) is 7.05 Å². The van der Waals surface area contributed by atoms with Crippen LogP contribution in [0.4, 0.5) is 4.39 Å². The predicted molar refractivity (Wildman–Crippen MR) is 141 cm³/mol. The van der Waals surface area contributed by atoms with Gasteiger partial charge in [-0.15, -0.1) is 0 Å². The van der Waals surface area contributed by atoms with Crippen molar-refractivity contribution in [2.75, 3.05) is 13.1 Å². The Morgan fingerprint density at radius 1 is 1.16 bits per heavy atom. The molecule has 0 unspecified atom stereocenters. The van der Waals surface area contributed by atoms with Crippen LogP contribution in [0.3, 0.4) is 0 Å². The van der Waals surface area contributed by atoms with Crippen LogP contribution >= 0.6 is 11.6 Å². The maximum Gasteiger partial charge on any atom is 0.335 e. The first-order valence-corrected chi connectivity index (χ1v) is 13.0. The molecule has 0 bridgehead atoms. The van der Waals surface area contributed by atoms with Crippen LogP contribution in [0.15, 0.2) is 54.6 Å². The summed E-state index contributed by atoms with van der Waals surface area (Å²) in [5, 5.41) is 9.63. The summed E-state index contributed by atoms with van der Waals surface area (Å²) >= 11 is 5.94. The van der Waals surface area contributed by atoms with Crippen molar-refractivity contribution in [1.29, 1.82) is 0 Å². The third kappa shape index (κ3) is 4.27. The van der Waals surface area contributed by atoms with Crippen LogP contribution in [-0.4, -0.2) is 38.6 Å². The van der Waals surface area contributed by atoms with Crippen LogP contribution in [0.25, 0.3) is 11.0 Å². The molecule has 2 aliphatic rings. The lowest BCUT2D eigenvalue weighted by atomic mass is 9.88. The van der Waals surface area contributed by atoms with Crippen LogP contribution in [0, 0.1) is 5.82 Å². The second-order valence-electron chi connectivity index (χ2n) is 10.1. The van der Waals surface area contributed by atoms with Crippen molar-refractivity contribution in [3.05, 3.63) is 88.0 Å². The van der Waals surface area contributed by atoms with E-state index in [1.165, 1.54) is 6.07 Å². The molecule has 6 rings (SSSR count). The van der Waals surface area contributed by atoms with Gasteiger partial charge in [-0.2, -0.15) is 0 Å². The molecule has 0 saturated carbocycles. The number of piperidine rings is 1. The Labute approximate surface area is 224 Å². The number of aromatic nitrogens is 2. The number of imidazole rings is 1. The molecule has 1 N–H and O–H groups in total. The van der Waals surface area contributed by atoms with Crippen LogP contribution in [0.1, 0.15) is 53.0 Å². The van der Waals surface area contributed by atoms with E-state index >= 15 is 0 Å². The summed E-state index contributed by atoms with van der Waals surface area (Å²) in [6.45, 7) is 4.16. The highest BCUT2D eigenvalue weighted by atomic mass is 35.5. The first-order valence-electron chi connectivity index (χ1n) is 12.6. The van der Waals surface area contributed by atoms with Gasteiger partial charge in [0.2, 0.25) is 0 Å². The Bertz CT molecular complexity index is 1560. The smallest absolute Gasteiger partial charge is 0.335 e. The molecule has 0 radical (unpaired) electrons. The lowest BCUT2D eigenvalue weighted by Crippen LogP contribution is -2.34. The Morgan fingerprint density at radius 3 is 2.68 bits per heavy atom. The summed E-state index contributed by atoms with van der Waals surface area (Å²) in [6, 6.07) is 15.4. The van der Waals surface area contributed by atoms with E-state index in [9.17, 15) is 14.3 Å². The molecule has 7 nitrogen and oxygen atoms in total. The highest BCUT2D eigenvalue weighted by molar-refractivity contribution is 6.30. The number of rotatable bonds is 5. The molecule has 1 fully saturated rings. The van der Waals surface area contributed by atoms with E-state index in [1.54, 1.807) is 37.3 Å². The van der Waals surface area contributed by atoms with E-state index in [4.69, 9.17) is 26.1 Å². The van der Waals surface area contributed by atoms with Crippen LogP contribution in [0.5, 0.6) is 11.5 Å². The van der Waals surface area contributed by atoms with Crippen molar-refractivity contribution in [2.45, 2.75) is 38.0 Å². The van der Waals surface area contributed by atoms with E-state index in [-0.39, 0.29) is 11.5 Å². The minimum atomic E-state index is -1.27.